The lowest BCUT2D eigenvalue weighted by Gasteiger charge is -2.41. The molecule has 0 spiro atoms. The van der Waals surface area contributed by atoms with Crippen molar-refractivity contribution >= 4 is 5.82 Å². The van der Waals surface area contributed by atoms with Gasteiger partial charge in [0.1, 0.15) is 11.4 Å². The Hall–Kier alpha value is -1.16. The minimum absolute atomic E-state index is 0.321. The van der Waals surface area contributed by atoms with Crippen molar-refractivity contribution in [2.45, 2.75) is 65.9 Å². The lowest BCUT2D eigenvalue weighted by atomic mass is 9.70. The number of ether oxygens (including phenoxy) is 1. The van der Waals surface area contributed by atoms with Crippen molar-refractivity contribution in [2.24, 2.45) is 5.41 Å². The lowest BCUT2D eigenvalue weighted by Crippen LogP contribution is -2.38. The molecule has 0 bridgehead atoms. The first-order chi connectivity index (χ1) is 9.83. The van der Waals surface area contributed by atoms with E-state index in [-0.39, 0.29) is 5.60 Å². The first-order valence-electron chi connectivity index (χ1n) is 7.98. The Kier molecular flexibility index (Phi) is 4.57. The third-order valence-electron chi connectivity index (χ3n) is 4.94. The number of aromatic nitrogens is 2. The molecule has 1 fully saturated rings. The molecule has 0 aromatic carbocycles. The molecule has 0 atom stereocenters. The summed E-state index contributed by atoms with van der Waals surface area (Å²) in [6, 6.07) is 0. The predicted octanol–water partition coefficient (Wildman–Crippen LogP) is 3.97. The van der Waals surface area contributed by atoms with Gasteiger partial charge in [-0.15, -0.1) is 0 Å². The molecule has 0 unspecified atom stereocenters. The first-order valence-corrected chi connectivity index (χ1v) is 7.98. The number of nitrogens with zero attached hydrogens (tertiary/aromatic N) is 2. The summed E-state index contributed by atoms with van der Waals surface area (Å²) in [4.78, 5) is 9.54. The summed E-state index contributed by atoms with van der Waals surface area (Å²) in [6.07, 6.45) is 4.27. The van der Waals surface area contributed by atoms with Gasteiger partial charge in [-0.05, 0) is 51.9 Å². The van der Waals surface area contributed by atoms with Crippen molar-refractivity contribution in [3.63, 3.8) is 0 Å². The van der Waals surface area contributed by atoms with Crippen molar-refractivity contribution in [2.75, 3.05) is 19.0 Å². The van der Waals surface area contributed by atoms with Crippen LogP contribution in [0.5, 0.6) is 0 Å². The fraction of sp³-hybridized carbons (Fsp3) is 0.765. The summed E-state index contributed by atoms with van der Waals surface area (Å²) in [5.74, 6) is 1.79. The van der Waals surface area contributed by atoms with Gasteiger partial charge in [0.15, 0.2) is 5.82 Å². The highest BCUT2D eigenvalue weighted by atomic mass is 16.5. The molecule has 118 valence electrons. The maximum absolute atomic E-state index is 5.93. The smallest absolute Gasteiger partial charge is 0.162 e. The second kappa shape index (κ2) is 5.91. The zero-order chi connectivity index (χ0) is 15.7. The lowest BCUT2D eigenvalue weighted by molar-refractivity contribution is -0.0729. The van der Waals surface area contributed by atoms with E-state index in [0.717, 1.165) is 55.1 Å². The quantitative estimate of drug-likeness (QED) is 0.912. The van der Waals surface area contributed by atoms with E-state index in [1.807, 2.05) is 0 Å². The molecule has 0 saturated heterocycles. The summed E-state index contributed by atoms with van der Waals surface area (Å²) < 4.78 is 5.93. The van der Waals surface area contributed by atoms with Crippen molar-refractivity contribution in [3.05, 3.63) is 17.1 Å². The van der Waals surface area contributed by atoms with E-state index in [9.17, 15) is 0 Å². The van der Waals surface area contributed by atoms with Gasteiger partial charge >= 0.3 is 0 Å². The molecule has 21 heavy (non-hydrogen) atoms. The molecule has 0 radical (unpaired) electrons. The van der Waals surface area contributed by atoms with Crippen molar-refractivity contribution in [1.82, 2.24) is 9.97 Å². The van der Waals surface area contributed by atoms with Crippen LogP contribution in [0, 0.1) is 19.3 Å². The van der Waals surface area contributed by atoms with E-state index in [2.05, 4.69) is 39.9 Å². The van der Waals surface area contributed by atoms with Gasteiger partial charge in [-0.3, -0.25) is 0 Å². The number of aryl methyl sites for hydroxylation is 1. The number of rotatable bonds is 4. The first kappa shape index (κ1) is 16.2. The van der Waals surface area contributed by atoms with Gasteiger partial charge < -0.3 is 10.1 Å². The molecular weight excluding hydrogens is 262 g/mol. The Bertz CT molecular complexity index is 501. The van der Waals surface area contributed by atoms with Crippen molar-refractivity contribution < 1.29 is 4.74 Å². The zero-order valence-electron chi connectivity index (χ0n) is 14.3. The predicted molar refractivity (Wildman–Crippen MR) is 86.6 cm³/mol. The topological polar surface area (TPSA) is 47.0 Å². The van der Waals surface area contributed by atoms with Crippen molar-refractivity contribution in [3.8, 4) is 0 Å². The van der Waals surface area contributed by atoms with Gasteiger partial charge in [0.2, 0.25) is 0 Å². The Labute approximate surface area is 128 Å². The zero-order valence-corrected chi connectivity index (χ0v) is 14.3. The molecule has 4 heteroatoms. The highest BCUT2D eigenvalue weighted by Gasteiger charge is 2.42. The second-order valence-corrected chi connectivity index (χ2v) is 7.00. The van der Waals surface area contributed by atoms with E-state index >= 15 is 0 Å². The summed E-state index contributed by atoms with van der Waals surface area (Å²) in [5.41, 5.74) is 2.24. The molecule has 1 aromatic rings. The summed E-state index contributed by atoms with van der Waals surface area (Å²) in [7, 11) is 1.80. The monoisotopic (exact) mass is 291 g/mol. The van der Waals surface area contributed by atoms with Crippen LogP contribution < -0.4 is 5.32 Å². The van der Waals surface area contributed by atoms with Gasteiger partial charge in [-0.25, -0.2) is 9.97 Å². The largest absolute Gasteiger partial charge is 0.370 e. The average molecular weight is 291 g/mol. The number of hydrogen-bond donors (Lipinski definition) is 1. The molecule has 4 nitrogen and oxygen atoms in total. The van der Waals surface area contributed by atoms with Crippen LogP contribution in [0.3, 0.4) is 0 Å². The second-order valence-electron chi connectivity index (χ2n) is 7.00. The van der Waals surface area contributed by atoms with Crippen LogP contribution in [0.15, 0.2) is 0 Å². The Morgan fingerprint density at radius 1 is 1.10 bits per heavy atom. The maximum atomic E-state index is 5.93. The molecule has 0 aliphatic heterocycles. The molecule has 0 amide bonds. The van der Waals surface area contributed by atoms with Crippen LogP contribution in [0.1, 0.15) is 63.5 Å². The van der Waals surface area contributed by atoms with E-state index < -0.39 is 0 Å². The number of anilines is 1. The summed E-state index contributed by atoms with van der Waals surface area (Å²) >= 11 is 0. The number of nitrogens with one attached hydrogen (secondary N) is 1. The van der Waals surface area contributed by atoms with Crippen LogP contribution in [0.2, 0.25) is 0 Å². The number of methoxy groups -OCH3 is 1. The molecule has 1 aliphatic carbocycles. The minimum Gasteiger partial charge on any atom is -0.370 e. The third-order valence-corrected chi connectivity index (χ3v) is 4.94. The highest BCUT2D eigenvalue weighted by Crippen LogP contribution is 2.46. The van der Waals surface area contributed by atoms with Crippen LogP contribution in [0.25, 0.3) is 0 Å². The van der Waals surface area contributed by atoms with E-state index in [4.69, 9.17) is 14.7 Å². The van der Waals surface area contributed by atoms with Crippen molar-refractivity contribution in [1.29, 1.82) is 0 Å². The fourth-order valence-corrected chi connectivity index (χ4v) is 3.02. The summed E-state index contributed by atoms with van der Waals surface area (Å²) in [6.45, 7) is 11.7. The van der Waals surface area contributed by atoms with Gasteiger partial charge in [0, 0.05) is 24.9 Å². The van der Waals surface area contributed by atoms with Crippen LogP contribution in [-0.4, -0.2) is 23.6 Å². The molecule has 1 aliphatic rings. The SMILES string of the molecule is CCNc1nc(C2(OC)CCC(C)(C)CC2)nc(C)c1C. The van der Waals surface area contributed by atoms with Gasteiger partial charge in [-0.1, -0.05) is 13.8 Å². The number of hydrogen-bond acceptors (Lipinski definition) is 4. The Morgan fingerprint density at radius 2 is 1.71 bits per heavy atom. The maximum Gasteiger partial charge on any atom is 0.162 e. The molecular formula is C17H29N3O. The minimum atomic E-state index is -0.321. The van der Waals surface area contributed by atoms with Gasteiger partial charge in [0.25, 0.3) is 0 Å². The average Bonchev–Trinajstić information content (AvgIpc) is 2.44. The fourth-order valence-electron chi connectivity index (χ4n) is 3.02. The normalized spacial score (nSPS) is 20.3. The van der Waals surface area contributed by atoms with E-state index in [1.165, 1.54) is 0 Å². The van der Waals surface area contributed by atoms with Crippen LogP contribution >= 0.6 is 0 Å². The Morgan fingerprint density at radius 3 is 2.24 bits per heavy atom. The standard InChI is InChI=1S/C17H29N3O/c1-7-18-14-12(2)13(3)19-15(20-14)17(21-6)10-8-16(4,5)9-11-17/h7-11H2,1-6H3,(H,18,19,20). The molecule has 1 N–H and O–H groups in total. The van der Waals surface area contributed by atoms with E-state index in [0.29, 0.717) is 5.41 Å². The van der Waals surface area contributed by atoms with Gasteiger partial charge in [-0.2, -0.15) is 0 Å². The molecule has 2 rings (SSSR count). The molecule has 1 saturated carbocycles. The van der Waals surface area contributed by atoms with Crippen LogP contribution in [-0.2, 0) is 10.3 Å². The highest BCUT2D eigenvalue weighted by molar-refractivity contribution is 5.45. The third kappa shape index (κ3) is 3.20. The summed E-state index contributed by atoms with van der Waals surface area (Å²) in [5, 5.41) is 3.35. The molecule has 1 heterocycles. The van der Waals surface area contributed by atoms with E-state index in [1.54, 1.807) is 7.11 Å². The van der Waals surface area contributed by atoms with Crippen LogP contribution in [0.4, 0.5) is 5.82 Å². The Balaban J connectivity index is 2.39. The molecule has 1 aromatic heterocycles. The van der Waals surface area contributed by atoms with Gasteiger partial charge in [0.05, 0.1) is 0 Å².